The number of sulfone groups is 1. The molecule has 4 aromatic rings. The molecule has 0 radical (unpaired) electrons. The zero-order valence-electron chi connectivity index (χ0n) is 22.1. The van der Waals surface area contributed by atoms with Gasteiger partial charge in [0, 0.05) is 6.54 Å². The van der Waals surface area contributed by atoms with Crippen molar-refractivity contribution in [1.82, 2.24) is 9.55 Å². The highest BCUT2D eigenvalue weighted by atomic mass is 32.2. The maximum Gasteiger partial charge on any atom is 0.354 e. The van der Waals surface area contributed by atoms with E-state index in [2.05, 4.69) is 0 Å². The summed E-state index contributed by atoms with van der Waals surface area (Å²) in [7, 11) is -0.839. The summed E-state index contributed by atoms with van der Waals surface area (Å²) in [4.78, 5) is 18.0. The number of methoxy groups -OCH3 is 2. The fraction of sp³-hybridized carbons (Fsp3) is 0.267. The van der Waals surface area contributed by atoms with Crippen LogP contribution in [0.3, 0.4) is 0 Å². The molecule has 0 amide bonds. The summed E-state index contributed by atoms with van der Waals surface area (Å²) in [5.74, 6) is 0.329. The van der Waals surface area contributed by atoms with E-state index in [4.69, 9.17) is 19.2 Å². The first-order valence-corrected chi connectivity index (χ1v) is 14.3. The summed E-state index contributed by atoms with van der Waals surface area (Å²) in [6, 6.07) is 19.4. The van der Waals surface area contributed by atoms with E-state index in [0.29, 0.717) is 30.8 Å². The Bertz CT molecular complexity index is 1610. The minimum absolute atomic E-state index is 0.0142. The SMILES string of the molecule is CCOC(=O)c1cc2c(n1Cc1ccc(OC)cc1)-c1nc(OC)c(S(=O)(=O)c3ccccc3)cc1CCC2. The number of aromatic nitrogens is 2. The largest absolute Gasteiger partial charge is 0.497 e. The minimum Gasteiger partial charge on any atom is -0.497 e. The van der Waals surface area contributed by atoms with Crippen molar-refractivity contribution < 1.29 is 27.4 Å². The molecule has 2 aromatic carbocycles. The van der Waals surface area contributed by atoms with E-state index in [1.54, 1.807) is 50.4 Å². The van der Waals surface area contributed by atoms with E-state index in [1.165, 1.54) is 7.11 Å². The maximum atomic E-state index is 13.6. The Morgan fingerprint density at radius 3 is 2.33 bits per heavy atom. The summed E-state index contributed by atoms with van der Waals surface area (Å²) >= 11 is 0. The molecule has 0 atom stereocenters. The Morgan fingerprint density at radius 1 is 0.949 bits per heavy atom. The van der Waals surface area contributed by atoms with Crippen molar-refractivity contribution in [3.63, 3.8) is 0 Å². The number of fused-ring (bicyclic) bond motifs is 3. The summed E-state index contributed by atoms with van der Waals surface area (Å²) < 4.78 is 45.3. The first-order valence-electron chi connectivity index (χ1n) is 12.8. The van der Waals surface area contributed by atoms with Gasteiger partial charge in [0.25, 0.3) is 0 Å². The lowest BCUT2D eigenvalue weighted by atomic mass is 10.1. The molecule has 1 aliphatic carbocycles. The standard InChI is InChI=1S/C30H30N2O6S/c1-4-38-30(33)25-17-22-10-8-9-21-18-26(39(34,35)24-11-6-5-7-12-24)29(37-3)31-27(21)28(22)32(25)19-20-13-15-23(36-2)16-14-20/h5-7,11-18H,4,8-10,19H2,1-3H3. The van der Waals surface area contributed by atoms with Gasteiger partial charge in [0.05, 0.1) is 37.1 Å². The lowest BCUT2D eigenvalue weighted by Gasteiger charge is -2.17. The summed E-state index contributed by atoms with van der Waals surface area (Å²) in [6.07, 6.45) is 2.11. The van der Waals surface area contributed by atoms with Crippen LogP contribution < -0.4 is 9.47 Å². The topological polar surface area (TPSA) is 96.7 Å². The fourth-order valence-corrected chi connectivity index (χ4v) is 6.40. The number of pyridine rings is 1. The van der Waals surface area contributed by atoms with Crippen LogP contribution in [0.25, 0.3) is 11.4 Å². The Morgan fingerprint density at radius 2 is 1.67 bits per heavy atom. The zero-order chi connectivity index (χ0) is 27.6. The molecule has 0 N–H and O–H groups in total. The predicted molar refractivity (Wildman–Crippen MR) is 146 cm³/mol. The number of esters is 1. The Labute approximate surface area is 228 Å². The number of rotatable bonds is 8. The number of carbonyl (C=O) groups is 1. The third-order valence-corrected chi connectivity index (χ3v) is 8.61. The molecule has 39 heavy (non-hydrogen) atoms. The lowest BCUT2D eigenvalue weighted by molar-refractivity contribution is 0.0514. The molecule has 9 heteroatoms. The average Bonchev–Trinajstić information content (AvgIpc) is 3.21. The van der Waals surface area contributed by atoms with Gasteiger partial charge in [-0.05, 0) is 79.3 Å². The number of hydrogen-bond donors (Lipinski definition) is 0. The second kappa shape index (κ2) is 10.9. The number of benzene rings is 2. The number of hydrogen-bond acceptors (Lipinski definition) is 7. The summed E-state index contributed by atoms with van der Waals surface area (Å²) in [6.45, 7) is 2.41. The van der Waals surface area contributed by atoms with Crippen LogP contribution in [-0.2, 0) is 34.0 Å². The quantitative estimate of drug-likeness (QED) is 0.283. The van der Waals surface area contributed by atoms with Gasteiger partial charge in [-0.25, -0.2) is 18.2 Å². The van der Waals surface area contributed by atoms with E-state index >= 15 is 0 Å². The van der Waals surface area contributed by atoms with Crippen LogP contribution in [0.2, 0.25) is 0 Å². The minimum atomic E-state index is -3.87. The Kier molecular flexibility index (Phi) is 7.43. The van der Waals surface area contributed by atoms with Gasteiger partial charge in [-0.1, -0.05) is 30.3 Å². The van der Waals surface area contributed by atoms with Gasteiger partial charge < -0.3 is 18.8 Å². The van der Waals surface area contributed by atoms with Crippen molar-refractivity contribution in [2.45, 2.75) is 42.5 Å². The molecule has 202 valence electrons. The van der Waals surface area contributed by atoms with Crippen LogP contribution >= 0.6 is 0 Å². The van der Waals surface area contributed by atoms with Gasteiger partial charge in [-0.15, -0.1) is 0 Å². The highest BCUT2D eigenvalue weighted by molar-refractivity contribution is 7.91. The molecule has 0 saturated heterocycles. The van der Waals surface area contributed by atoms with E-state index in [-0.39, 0.29) is 22.3 Å². The van der Waals surface area contributed by atoms with Crippen LogP contribution in [0, 0.1) is 0 Å². The first kappa shape index (κ1) is 26.5. The molecule has 0 fully saturated rings. The predicted octanol–water partition coefficient (Wildman–Crippen LogP) is 5.11. The Balaban J connectivity index is 1.70. The Hall–Kier alpha value is -4.11. The van der Waals surface area contributed by atoms with Crippen molar-refractivity contribution in [3.8, 4) is 23.0 Å². The summed E-state index contributed by atoms with van der Waals surface area (Å²) in [5, 5.41) is 0. The van der Waals surface area contributed by atoms with Gasteiger partial charge >= 0.3 is 5.97 Å². The molecule has 1 aliphatic rings. The van der Waals surface area contributed by atoms with Crippen molar-refractivity contribution >= 4 is 15.8 Å². The normalized spacial score (nSPS) is 12.7. The van der Waals surface area contributed by atoms with Gasteiger partial charge in [0.2, 0.25) is 15.7 Å². The average molecular weight is 547 g/mol. The van der Waals surface area contributed by atoms with Crippen molar-refractivity contribution in [1.29, 1.82) is 0 Å². The molecule has 0 bridgehead atoms. The molecular weight excluding hydrogens is 516 g/mol. The highest BCUT2D eigenvalue weighted by Crippen LogP contribution is 2.39. The monoisotopic (exact) mass is 546 g/mol. The molecule has 0 unspecified atom stereocenters. The molecule has 5 rings (SSSR count). The second-order valence-corrected chi connectivity index (χ2v) is 11.1. The van der Waals surface area contributed by atoms with E-state index < -0.39 is 15.8 Å². The highest BCUT2D eigenvalue weighted by Gasteiger charge is 2.31. The van der Waals surface area contributed by atoms with Gasteiger partial charge in [0.15, 0.2) is 0 Å². The molecule has 2 aromatic heterocycles. The van der Waals surface area contributed by atoms with E-state index in [1.807, 2.05) is 34.9 Å². The second-order valence-electron chi connectivity index (χ2n) is 9.23. The number of carbonyl (C=O) groups excluding carboxylic acids is 1. The zero-order valence-corrected chi connectivity index (χ0v) is 23.0. The third kappa shape index (κ3) is 5.02. The smallest absolute Gasteiger partial charge is 0.354 e. The number of aryl methyl sites for hydroxylation is 2. The first-order chi connectivity index (χ1) is 18.9. The fourth-order valence-electron chi connectivity index (χ4n) is 4.97. The maximum absolute atomic E-state index is 13.6. The van der Waals surface area contributed by atoms with Crippen molar-refractivity contribution in [3.05, 3.63) is 89.1 Å². The van der Waals surface area contributed by atoms with Crippen LogP contribution in [0.5, 0.6) is 11.6 Å². The molecular formula is C30H30N2O6S. The van der Waals surface area contributed by atoms with Crippen LogP contribution in [-0.4, -0.2) is 44.8 Å². The van der Waals surface area contributed by atoms with Crippen LogP contribution in [0.15, 0.2) is 76.5 Å². The third-order valence-electron chi connectivity index (χ3n) is 6.85. The van der Waals surface area contributed by atoms with Crippen molar-refractivity contribution in [2.24, 2.45) is 0 Å². The molecule has 0 saturated carbocycles. The number of ether oxygens (including phenoxy) is 3. The van der Waals surface area contributed by atoms with Gasteiger partial charge in [-0.2, -0.15) is 0 Å². The van der Waals surface area contributed by atoms with E-state index in [9.17, 15) is 13.2 Å². The van der Waals surface area contributed by atoms with Crippen LogP contribution in [0.4, 0.5) is 0 Å². The van der Waals surface area contributed by atoms with Crippen molar-refractivity contribution in [2.75, 3.05) is 20.8 Å². The number of nitrogens with zero attached hydrogens (tertiary/aromatic N) is 2. The molecule has 8 nitrogen and oxygen atoms in total. The van der Waals surface area contributed by atoms with E-state index in [0.717, 1.165) is 34.6 Å². The van der Waals surface area contributed by atoms with Gasteiger partial charge in [-0.3, -0.25) is 0 Å². The molecule has 0 spiro atoms. The van der Waals surface area contributed by atoms with Crippen LogP contribution in [0.1, 0.15) is 40.5 Å². The molecule has 2 heterocycles. The van der Waals surface area contributed by atoms with Gasteiger partial charge in [0.1, 0.15) is 16.3 Å². The molecule has 0 aliphatic heterocycles. The lowest BCUT2D eigenvalue weighted by Crippen LogP contribution is -2.15. The summed E-state index contributed by atoms with van der Waals surface area (Å²) in [5.41, 5.74) is 4.50.